The summed E-state index contributed by atoms with van der Waals surface area (Å²) in [5.41, 5.74) is 1.54. The van der Waals surface area contributed by atoms with Crippen LogP contribution in [0.2, 0.25) is 0 Å². The maximum absolute atomic E-state index is 10.9. The number of nitrogens with zero attached hydrogens (tertiary/aromatic N) is 1. The van der Waals surface area contributed by atoms with E-state index in [4.69, 9.17) is 19.3 Å². The van der Waals surface area contributed by atoms with Gasteiger partial charge in [-0.25, -0.2) is 4.79 Å². The highest BCUT2D eigenvalue weighted by molar-refractivity contribution is 5.87. The molecule has 6 heteroatoms. The molecule has 148 valence electrons. The van der Waals surface area contributed by atoms with Crippen molar-refractivity contribution in [3.8, 4) is 17.2 Å². The molecule has 0 aliphatic carbocycles. The SMILES string of the molecule is O=C(O)c1ccc(OCC2CCCN(CCc3ccc4c(c3)OCO4)C2)cc1. The molecule has 1 unspecified atom stereocenters. The van der Waals surface area contributed by atoms with E-state index in [-0.39, 0.29) is 5.56 Å². The van der Waals surface area contributed by atoms with Gasteiger partial charge in [0, 0.05) is 19.0 Å². The molecule has 1 fully saturated rings. The summed E-state index contributed by atoms with van der Waals surface area (Å²) in [7, 11) is 0. The molecule has 0 amide bonds. The number of ether oxygens (including phenoxy) is 3. The predicted molar refractivity (Wildman–Crippen MR) is 104 cm³/mol. The fourth-order valence-electron chi connectivity index (χ4n) is 3.78. The Labute approximate surface area is 164 Å². The topological polar surface area (TPSA) is 68.2 Å². The van der Waals surface area contributed by atoms with Crippen molar-refractivity contribution in [2.45, 2.75) is 19.3 Å². The lowest BCUT2D eigenvalue weighted by Crippen LogP contribution is -2.38. The number of carboxylic acid groups (broad SMARTS) is 1. The molecule has 1 atom stereocenters. The zero-order chi connectivity index (χ0) is 19.3. The highest BCUT2D eigenvalue weighted by atomic mass is 16.7. The molecule has 1 saturated heterocycles. The van der Waals surface area contributed by atoms with Crippen molar-refractivity contribution < 1.29 is 24.1 Å². The van der Waals surface area contributed by atoms with Crippen LogP contribution < -0.4 is 14.2 Å². The second-order valence-corrected chi connectivity index (χ2v) is 7.39. The smallest absolute Gasteiger partial charge is 0.335 e. The van der Waals surface area contributed by atoms with Crippen molar-refractivity contribution in [3.63, 3.8) is 0 Å². The van der Waals surface area contributed by atoms with Crippen LogP contribution in [0, 0.1) is 5.92 Å². The lowest BCUT2D eigenvalue weighted by atomic mass is 9.98. The molecule has 0 spiro atoms. The van der Waals surface area contributed by atoms with Crippen LogP contribution in [-0.4, -0.2) is 49.0 Å². The first-order chi connectivity index (χ1) is 13.7. The average Bonchev–Trinajstić information content (AvgIpc) is 3.19. The number of piperidine rings is 1. The van der Waals surface area contributed by atoms with Crippen molar-refractivity contribution in [2.75, 3.05) is 33.0 Å². The number of rotatable bonds is 7. The number of aromatic carboxylic acids is 1. The molecule has 2 aromatic carbocycles. The predicted octanol–water partition coefficient (Wildman–Crippen LogP) is 3.45. The van der Waals surface area contributed by atoms with Crippen molar-refractivity contribution in [1.82, 2.24) is 4.90 Å². The van der Waals surface area contributed by atoms with E-state index in [0.29, 0.717) is 19.3 Å². The number of hydrogen-bond donors (Lipinski definition) is 1. The van der Waals surface area contributed by atoms with Gasteiger partial charge in [-0.2, -0.15) is 0 Å². The van der Waals surface area contributed by atoms with E-state index in [1.807, 2.05) is 6.07 Å². The molecule has 28 heavy (non-hydrogen) atoms. The Hall–Kier alpha value is -2.73. The van der Waals surface area contributed by atoms with Gasteiger partial charge in [0.1, 0.15) is 5.75 Å². The Morgan fingerprint density at radius 3 is 2.79 bits per heavy atom. The highest BCUT2D eigenvalue weighted by Gasteiger charge is 2.21. The number of benzene rings is 2. The molecular weight excluding hydrogens is 358 g/mol. The van der Waals surface area contributed by atoms with Gasteiger partial charge < -0.3 is 24.2 Å². The van der Waals surface area contributed by atoms with E-state index in [1.165, 1.54) is 12.0 Å². The van der Waals surface area contributed by atoms with Crippen molar-refractivity contribution in [3.05, 3.63) is 53.6 Å². The Morgan fingerprint density at radius 1 is 1.14 bits per heavy atom. The highest BCUT2D eigenvalue weighted by Crippen LogP contribution is 2.32. The van der Waals surface area contributed by atoms with E-state index < -0.39 is 5.97 Å². The first-order valence-corrected chi connectivity index (χ1v) is 9.74. The summed E-state index contributed by atoms with van der Waals surface area (Å²) < 4.78 is 16.7. The number of carboxylic acids is 1. The number of carbonyl (C=O) groups is 1. The minimum absolute atomic E-state index is 0.278. The molecule has 0 bridgehead atoms. The summed E-state index contributed by atoms with van der Waals surface area (Å²) in [6.45, 7) is 4.13. The third-order valence-corrected chi connectivity index (χ3v) is 5.34. The van der Waals surface area contributed by atoms with Crippen LogP contribution in [0.25, 0.3) is 0 Å². The molecule has 2 aliphatic heterocycles. The largest absolute Gasteiger partial charge is 0.493 e. The summed E-state index contributed by atoms with van der Waals surface area (Å²) in [5.74, 6) is 1.97. The van der Waals surface area contributed by atoms with E-state index >= 15 is 0 Å². The number of hydrogen-bond acceptors (Lipinski definition) is 5. The van der Waals surface area contributed by atoms with Crippen molar-refractivity contribution in [2.24, 2.45) is 5.92 Å². The zero-order valence-electron chi connectivity index (χ0n) is 15.8. The van der Waals surface area contributed by atoms with Gasteiger partial charge in [-0.15, -0.1) is 0 Å². The Balaban J connectivity index is 1.24. The molecule has 2 heterocycles. The molecular formula is C22H25NO5. The minimum Gasteiger partial charge on any atom is -0.493 e. The standard InChI is InChI=1S/C22H25NO5/c24-22(25)18-4-6-19(7-5-18)26-14-17-2-1-10-23(13-17)11-9-16-3-8-20-21(12-16)28-15-27-20/h3-8,12,17H,1-2,9-11,13-15H2,(H,24,25). The van der Waals surface area contributed by atoms with Gasteiger partial charge >= 0.3 is 5.97 Å². The Morgan fingerprint density at radius 2 is 1.96 bits per heavy atom. The van der Waals surface area contributed by atoms with Crippen LogP contribution in [0.15, 0.2) is 42.5 Å². The minimum atomic E-state index is -0.920. The van der Waals surface area contributed by atoms with Gasteiger partial charge in [0.25, 0.3) is 0 Å². The summed E-state index contributed by atoms with van der Waals surface area (Å²) >= 11 is 0. The Kier molecular flexibility index (Phi) is 5.67. The van der Waals surface area contributed by atoms with E-state index in [0.717, 1.165) is 49.7 Å². The monoisotopic (exact) mass is 383 g/mol. The normalized spacial score (nSPS) is 18.8. The fourth-order valence-corrected chi connectivity index (χ4v) is 3.78. The first kappa shape index (κ1) is 18.6. The van der Waals surface area contributed by atoms with Crippen LogP contribution in [0.1, 0.15) is 28.8 Å². The number of likely N-dealkylation sites (tertiary alicyclic amines) is 1. The van der Waals surface area contributed by atoms with Crippen LogP contribution in [0.3, 0.4) is 0 Å². The molecule has 2 aliphatic rings. The maximum Gasteiger partial charge on any atom is 0.335 e. The lowest BCUT2D eigenvalue weighted by Gasteiger charge is -2.32. The Bertz CT molecular complexity index is 820. The summed E-state index contributed by atoms with van der Waals surface area (Å²) in [6, 6.07) is 12.8. The van der Waals surface area contributed by atoms with Crippen molar-refractivity contribution in [1.29, 1.82) is 0 Å². The molecule has 6 nitrogen and oxygen atoms in total. The quantitative estimate of drug-likeness (QED) is 0.790. The first-order valence-electron chi connectivity index (χ1n) is 9.74. The van der Waals surface area contributed by atoms with E-state index in [2.05, 4.69) is 17.0 Å². The fraction of sp³-hybridized carbons (Fsp3) is 0.409. The van der Waals surface area contributed by atoms with Crippen LogP contribution >= 0.6 is 0 Å². The molecule has 0 saturated carbocycles. The van der Waals surface area contributed by atoms with Gasteiger partial charge in [0.15, 0.2) is 11.5 Å². The van der Waals surface area contributed by atoms with Gasteiger partial charge in [-0.05, 0) is 67.8 Å². The van der Waals surface area contributed by atoms with Crippen LogP contribution in [0.5, 0.6) is 17.2 Å². The molecule has 1 N–H and O–H groups in total. The summed E-state index contributed by atoms with van der Waals surface area (Å²) in [4.78, 5) is 13.4. The summed E-state index contributed by atoms with van der Waals surface area (Å²) in [6.07, 6.45) is 3.32. The lowest BCUT2D eigenvalue weighted by molar-refractivity contribution is 0.0697. The third-order valence-electron chi connectivity index (χ3n) is 5.34. The van der Waals surface area contributed by atoms with Crippen molar-refractivity contribution >= 4 is 5.97 Å². The summed E-state index contributed by atoms with van der Waals surface area (Å²) in [5, 5.41) is 8.96. The molecule has 0 radical (unpaired) electrons. The van der Waals surface area contributed by atoms with Crippen LogP contribution in [-0.2, 0) is 6.42 Å². The number of fused-ring (bicyclic) bond motifs is 1. The van der Waals surface area contributed by atoms with E-state index in [9.17, 15) is 4.79 Å². The van der Waals surface area contributed by atoms with Gasteiger partial charge in [-0.3, -0.25) is 0 Å². The second-order valence-electron chi connectivity index (χ2n) is 7.39. The molecule has 4 rings (SSSR count). The third kappa shape index (κ3) is 4.57. The maximum atomic E-state index is 10.9. The van der Waals surface area contributed by atoms with Gasteiger partial charge in [0.2, 0.25) is 6.79 Å². The zero-order valence-corrected chi connectivity index (χ0v) is 15.8. The average molecular weight is 383 g/mol. The van der Waals surface area contributed by atoms with E-state index in [1.54, 1.807) is 24.3 Å². The van der Waals surface area contributed by atoms with Crippen LogP contribution in [0.4, 0.5) is 0 Å². The molecule has 0 aromatic heterocycles. The second kappa shape index (κ2) is 8.52. The van der Waals surface area contributed by atoms with Gasteiger partial charge in [0.05, 0.1) is 12.2 Å². The molecule has 2 aromatic rings. The van der Waals surface area contributed by atoms with Gasteiger partial charge in [-0.1, -0.05) is 6.07 Å².